The summed E-state index contributed by atoms with van der Waals surface area (Å²) in [6.45, 7) is 0.381. The Morgan fingerprint density at radius 3 is 1.91 bits per heavy atom. The van der Waals surface area contributed by atoms with Crippen molar-refractivity contribution >= 4 is 33.8 Å². The molecule has 0 bridgehead atoms. The third kappa shape index (κ3) is 7.05. The Kier molecular flexibility index (Phi) is 6.76. The highest BCUT2D eigenvalue weighted by Crippen LogP contribution is 2.40. The van der Waals surface area contributed by atoms with Gasteiger partial charge >= 0.3 is 5.69 Å². The molecule has 0 saturated heterocycles. The predicted octanol–water partition coefficient (Wildman–Crippen LogP) is 11.8. The molecule has 0 spiro atoms. The average molecular weight is 738 g/mol. The van der Waals surface area contributed by atoms with Crippen molar-refractivity contribution in [1.82, 2.24) is 14.1 Å². The van der Waals surface area contributed by atoms with Crippen LogP contribution in [0.2, 0.25) is 0 Å². The third-order valence-electron chi connectivity index (χ3n) is 9.08. The molecule has 56 heavy (non-hydrogen) atoms. The van der Waals surface area contributed by atoms with E-state index in [1.807, 2.05) is 60.7 Å². The van der Waals surface area contributed by atoms with E-state index in [4.69, 9.17) is 23.4 Å². The van der Waals surface area contributed by atoms with Gasteiger partial charge in [-0.25, -0.2) is 9.36 Å². The van der Waals surface area contributed by atoms with E-state index in [-0.39, 0.29) is 39.5 Å². The Morgan fingerprint density at radius 2 is 1.20 bits per heavy atom. The van der Waals surface area contributed by atoms with Crippen molar-refractivity contribution in [2.24, 2.45) is 0 Å². The standard InChI is InChI=1S/C49H37N5O2/c55-49-53(34-35-17-4-1-5-18-35)44-29-12-13-30-45(44)54(49)46-31-16-32-47(52-46)56-39-24-14-23-38(33-39)50-42-27-10-11-28-43(42)51-48-40(36-19-6-2-7-20-36)25-15-26-41(48)37-21-8-3-9-22-37/h1-33,50-51H,34H2/i2D,3D,6D,7D,8D,9D,19D,20D,21D,22D. The molecule has 0 unspecified atom stereocenters. The van der Waals surface area contributed by atoms with Gasteiger partial charge in [-0.15, -0.1) is 0 Å². The van der Waals surface area contributed by atoms with Crippen LogP contribution in [0.3, 0.4) is 0 Å². The van der Waals surface area contributed by atoms with Crippen molar-refractivity contribution in [3.05, 3.63) is 216 Å². The van der Waals surface area contributed by atoms with E-state index in [9.17, 15) is 4.79 Å². The highest BCUT2D eigenvalue weighted by molar-refractivity contribution is 5.94. The SMILES string of the molecule is [2H]c1c([2H])c([2H])c(-c2cccc(-c3c([2H])c([2H])c([2H])c([2H])c3[2H])c2Nc2ccccc2Nc2cccc(Oc3cccc(-n4c(=O)n(Cc5ccccc5)c5ccccc54)n3)c2)c([2H])c1[2H]. The van der Waals surface area contributed by atoms with Crippen molar-refractivity contribution < 1.29 is 18.4 Å². The fourth-order valence-corrected chi connectivity index (χ4v) is 6.56. The molecule has 0 saturated carbocycles. The Hall–Kier alpha value is -7.64. The van der Waals surface area contributed by atoms with Crippen LogP contribution in [0, 0.1) is 0 Å². The van der Waals surface area contributed by atoms with Gasteiger partial charge in [0.1, 0.15) is 11.6 Å². The lowest BCUT2D eigenvalue weighted by atomic mass is 9.95. The number of benzene rings is 7. The summed E-state index contributed by atoms with van der Waals surface area (Å²) in [6, 6.07) is 36.0. The van der Waals surface area contributed by atoms with Crippen molar-refractivity contribution in [3.8, 4) is 39.7 Å². The fraction of sp³-hybridized carbons (Fsp3) is 0.0204. The van der Waals surface area contributed by atoms with E-state index < -0.39 is 60.4 Å². The lowest BCUT2D eigenvalue weighted by Gasteiger charge is -2.20. The first-order chi connectivity index (χ1) is 31.8. The first kappa shape index (κ1) is 24.6. The van der Waals surface area contributed by atoms with Crippen LogP contribution in [-0.4, -0.2) is 14.1 Å². The largest absolute Gasteiger partial charge is 0.439 e. The van der Waals surface area contributed by atoms with E-state index in [0.29, 0.717) is 40.7 Å². The highest BCUT2D eigenvalue weighted by Gasteiger charge is 2.17. The maximum Gasteiger partial charge on any atom is 0.335 e. The molecule has 0 amide bonds. The molecule has 2 aromatic heterocycles. The summed E-state index contributed by atoms with van der Waals surface area (Å²) in [5.41, 5.74) is 3.84. The van der Waals surface area contributed by atoms with Gasteiger partial charge in [0.25, 0.3) is 0 Å². The molecule has 0 aliphatic carbocycles. The number of fused-ring (bicyclic) bond motifs is 1. The van der Waals surface area contributed by atoms with Gasteiger partial charge in [-0.3, -0.25) is 4.57 Å². The number of rotatable bonds is 11. The predicted molar refractivity (Wildman–Crippen MR) is 228 cm³/mol. The second kappa shape index (κ2) is 15.4. The van der Waals surface area contributed by atoms with E-state index in [1.165, 1.54) is 0 Å². The van der Waals surface area contributed by atoms with Crippen molar-refractivity contribution in [3.63, 3.8) is 0 Å². The molecule has 7 aromatic carbocycles. The molecular weight excluding hydrogens is 691 g/mol. The summed E-state index contributed by atoms with van der Waals surface area (Å²) in [5.74, 6) is 1.04. The molecule has 0 fully saturated rings. The van der Waals surface area contributed by atoms with Crippen LogP contribution in [0.1, 0.15) is 19.3 Å². The lowest BCUT2D eigenvalue weighted by Crippen LogP contribution is -2.24. The van der Waals surface area contributed by atoms with Crippen LogP contribution in [-0.2, 0) is 6.54 Å². The van der Waals surface area contributed by atoms with Crippen LogP contribution in [0.25, 0.3) is 39.1 Å². The zero-order chi connectivity index (χ0) is 46.4. The van der Waals surface area contributed by atoms with E-state index in [2.05, 4.69) is 10.6 Å². The quantitative estimate of drug-likeness (QED) is 0.138. The van der Waals surface area contributed by atoms with Gasteiger partial charge in [0.15, 0.2) is 0 Å². The number of nitrogens with one attached hydrogen (secondary N) is 2. The van der Waals surface area contributed by atoms with Crippen LogP contribution in [0.5, 0.6) is 11.6 Å². The summed E-state index contributed by atoms with van der Waals surface area (Å²) in [6.07, 6.45) is 0. The molecule has 0 aliphatic rings. The van der Waals surface area contributed by atoms with Crippen molar-refractivity contribution in [2.45, 2.75) is 6.54 Å². The van der Waals surface area contributed by atoms with Gasteiger partial charge in [-0.05, 0) is 59.2 Å². The van der Waals surface area contributed by atoms with Crippen LogP contribution in [0.15, 0.2) is 205 Å². The molecule has 2 heterocycles. The zero-order valence-corrected chi connectivity index (χ0v) is 29.6. The van der Waals surface area contributed by atoms with Gasteiger partial charge in [-0.2, -0.15) is 4.98 Å². The number of hydrogen-bond acceptors (Lipinski definition) is 5. The molecule has 7 heteroatoms. The molecule has 9 aromatic rings. The van der Waals surface area contributed by atoms with Crippen LogP contribution >= 0.6 is 0 Å². The Balaban J connectivity index is 1.07. The summed E-state index contributed by atoms with van der Waals surface area (Å²) < 4.78 is 94.9. The number of para-hydroxylation sites is 5. The minimum atomic E-state index is -0.576. The minimum Gasteiger partial charge on any atom is -0.439 e. The number of imidazole rings is 1. The monoisotopic (exact) mass is 737 g/mol. The molecular formula is C49H37N5O2. The van der Waals surface area contributed by atoms with Crippen molar-refractivity contribution in [1.29, 1.82) is 0 Å². The normalized spacial score (nSPS) is 13.5. The summed E-state index contributed by atoms with van der Waals surface area (Å²) in [4.78, 5) is 18.7. The van der Waals surface area contributed by atoms with Gasteiger partial charge in [0, 0.05) is 28.9 Å². The average Bonchev–Trinajstić information content (AvgIpc) is 3.60. The molecule has 2 N–H and O–H groups in total. The number of pyridine rings is 1. The van der Waals surface area contributed by atoms with Gasteiger partial charge in [0.2, 0.25) is 5.88 Å². The maximum absolute atomic E-state index is 14.0. The first-order valence-corrected chi connectivity index (χ1v) is 17.7. The maximum atomic E-state index is 14.0. The molecule has 7 nitrogen and oxygen atoms in total. The zero-order valence-electron chi connectivity index (χ0n) is 39.6. The number of aromatic nitrogens is 3. The Bertz CT molecular complexity index is 3290. The van der Waals surface area contributed by atoms with Gasteiger partial charge < -0.3 is 15.4 Å². The van der Waals surface area contributed by atoms with E-state index in [0.717, 1.165) is 11.1 Å². The topological polar surface area (TPSA) is 73.1 Å². The second-order valence-corrected chi connectivity index (χ2v) is 12.7. The fourth-order valence-electron chi connectivity index (χ4n) is 6.56. The molecule has 9 rings (SSSR count). The lowest BCUT2D eigenvalue weighted by molar-refractivity contribution is 0.462. The number of hydrogen-bond donors (Lipinski definition) is 2. The van der Waals surface area contributed by atoms with Crippen molar-refractivity contribution in [2.75, 3.05) is 10.6 Å². The summed E-state index contributed by atoms with van der Waals surface area (Å²) in [5, 5.41) is 6.74. The van der Waals surface area contributed by atoms with Crippen LogP contribution in [0.4, 0.5) is 22.7 Å². The van der Waals surface area contributed by atoms with Crippen LogP contribution < -0.4 is 21.1 Å². The van der Waals surface area contributed by atoms with E-state index in [1.54, 1.807) is 88.0 Å². The van der Waals surface area contributed by atoms with E-state index >= 15 is 0 Å². The molecule has 270 valence electrons. The number of nitrogens with zero attached hydrogens (tertiary/aromatic N) is 3. The first-order valence-electron chi connectivity index (χ1n) is 22.7. The Labute approximate surface area is 338 Å². The smallest absolute Gasteiger partial charge is 0.335 e. The molecule has 0 atom stereocenters. The Morgan fingerprint density at radius 1 is 0.589 bits per heavy atom. The van der Waals surface area contributed by atoms with Gasteiger partial charge in [0.05, 0.1) is 48.3 Å². The minimum absolute atomic E-state index is 0.133. The number of anilines is 4. The summed E-state index contributed by atoms with van der Waals surface area (Å²) in [7, 11) is 0. The van der Waals surface area contributed by atoms with Gasteiger partial charge in [-0.1, -0.05) is 145 Å². The number of ether oxygens (including phenoxy) is 1. The summed E-state index contributed by atoms with van der Waals surface area (Å²) >= 11 is 0. The molecule has 0 radical (unpaired) electrons. The second-order valence-electron chi connectivity index (χ2n) is 12.7. The third-order valence-corrected chi connectivity index (χ3v) is 9.08. The molecule has 0 aliphatic heterocycles. The highest BCUT2D eigenvalue weighted by atomic mass is 16.5.